The molecule has 0 radical (unpaired) electrons. The fraction of sp³-hybridized carbons (Fsp3) is 0.462. The number of anilines is 1. The first kappa shape index (κ1) is 14.6. The number of hydrogen-bond acceptors (Lipinski definition) is 5. The summed E-state index contributed by atoms with van der Waals surface area (Å²) >= 11 is 6.12. The van der Waals surface area contributed by atoms with Crippen molar-refractivity contribution in [1.82, 2.24) is 4.98 Å². The Hall–Kier alpha value is -1.82. The Kier molecular flexibility index (Phi) is 4.13. The van der Waals surface area contributed by atoms with Crippen LogP contribution in [0.1, 0.15) is 23.0 Å². The molecule has 108 valence electrons. The van der Waals surface area contributed by atoms with Crippen molar-refractivity contribution >= 4 is 29.4 Å². The summed E-state index contributed by atoms with van der Waals surface area (Å²) < 4.78 is 4.92. The molecule has 1 aliphatic rings. The zero-order chi connectivity index (χ0) is 14.9. The summed E-state index contributed by atoms with van der Waals surface area (Å²) in [6.45, 7) is 4.45. The van der Waals surface area contributed by atoms with E-state index in [1.807, 2.05) is 0 Å². The minimum Gasteiger partial charge on any atom is -0.481 e. The highest BCUT2D eigenvalue weighted by atomic mass is 35.5. The maximum atomic E-state index is 11.7. The molecule has 1 saturated heterocycles. The molecule has 1 aliphatic heterocycles. The first-order chi connectivity index (χ1) is 9.43. The molecule has 1 N–H and O–H groups in total. The first-order valence-corrected chi connectivity index (χ1v) is 6.63. The van der Waals surface area contributed by atoms with Crippen LogP contribution in [-0.4, -0.2) is 41.7 Å². The van der Waals surface area contributed by atoms with E-state index < -0.39 is 17.9 Å². The number of carboxylic acids is 1. The van der Waals surface area contributed by atoms with Gasteiger partial charge in [0.2, 0.25) is 0 Å². The summed E-state index contributed by atoms with van der Waals surface area (Å²) in [5.41, 5.74) is 0.845. The lowest BCUT2D eigenvalue weighted by Gasteiger charge is -2.38. The van der Waals surface area contributed by atoms with Gasteiger partial charge in [0, 0.05) is 13.1 Å². The minimum absolute atomic E-state index is 0.282. The Labute approximate surface area is 121 Å². The number of ether oxygens (including phenoxy) is 1. The van der Waals surface area contributed by atoms with E-state index in [1.165, 1.54) is 6.07 Å². The van der Waals surface area contributed by atoms with Gasteiger partial charge in [-0.05, 0) is 19.9 Å². The zero-order valence-corrected chi connectivity index (χ0v) is 12.0. The van der Waals surface area contributed by atoms with E-state index in [2.05, 4.69) is 4.98 Å². The second-order valence-electron chi connectivity index (χ2n) is 4.59. The zero-order valence-electron chi connectivity index (χ0n) is 11.2. The predicted molar refractivity (Wildman–Crippen MR) is 73.3 cm³/mol. The van der Waals surface area contributed by atoms with Gasteiger partial charge < -0.3 is 14.7 Å². The van der Waals surface area contributed by atoms with Crippen LogP contribution < -0.4 is 4.90 Å². The SMILES string of the molecule is CCOC(=O)c1cc(Cl)c(N2CC(C(=O)O)C2)nc1C. The Morgan fingerprint density at radius 1 is 1.55 bits per heavy atom. The Balaban J connectivity index is 2.19. The standard InChI is InChI=1S/C13H15ClN2O4/c1-3-20-13(19)9-4-10(14)11(15-7(9)2)16-5-8(6-16)12(17)18/h4,8H,3,5-6H2,1-2H3,(H,17,18). The second-order valence-corrected chi connectivity index (χ2v) is 4.99. The van der Waals surface area contributed by atoms with E-state index in [0.717, 1.165) is 0 Å². The number of esters is 1. The summed E-state index contributed by atoms with van der Waals surface area (Å²) in [6.07, 6.45) is 0. The van der Waals surface area contributed by atoms with Crippen LogP contribution >= 0.6 is 11.6 Å². The van der Waals surface area contributed by atoms with E-state index >= 15 is 0 Å². The van der Waals surface area contributed by atoms with Crippen LogP contribution in [0.25, 0.3) is 0 Å². The van der Waals surface area contributed by atoms with Gasteiger partial charge in [0.25, 0.3) is 0 Å². The van der Waals surface area contributed by atoms with Crippen molar-refractivity contribution in [3.8, 4) is 0 Å². The molecule has 0 unspecified atom stereocenters. The van der Waals surface area contributed by atoms with Crippen molar-refractivity contribution in [2.45, 2.75) is 13.8 Å². The van der Waals surface area contributed by atoms with Crippen molar-refractivity contribution in [2.24, 2.45) is 5.92 Å². The Morgan fingerprint density at radius 2 is 2.20 bits per heavy atom. The molecule has 1 fully saturated rings. The van der Waals surface area contributed by atoms with Crippen molar-refractivity contribution < 1.29 is 19.4 Å². The van der Waals surface area contributed by atoms with Crippen LogP contribution in [0.2, 0.25) is 5.02 Å². The number of rotatable bonds is 4. The van der Waals surface area contributed by atoms with Crippen molar-refractivity contribution in [2.75, 3.05) is 24.6 Å². The highest BCUT2D eigenvalue weighted by Gasteiger charge is 2.34. The van der Waals surface area contributed by atoms with E-state index in [-0.39, 0.29) is 6.61 Å². The molecule has 1 aromatic heterocycles. The van der Waals surface area contributed by atoms with Gasteiger partial charge in [-0.1, -0.05) is 11.6 Å². The van der Waals surface area contributed by atoms with E-state index in [1.54, 1.807) is 18.7 Å². The summed E-state index contributed by atoms with van der Waals surface area (Å²) in [5.74, 6) is -1.16. The summed E-state index contributed by atoms with van der Waals surface area (Å²) in [7, 11) is 0. The highest BCUT2D eigenvalue weighted by molar-refractivity contribution is 6.33. The van der Waals surface area contributed by atoms with Crippen LogP contribution in [0.3, 0.4) is 0 Å². The van der Waals surface area contributed by atoms with Gasteiger partial charge in [-0.3, -0.25) is 4.79 Å². The molecular weight excluding hydrogens is 284 g/mol. The number of aromatic nitrogens is 1. The third-order valence-corrected chi connectivity index (χ3v) is 3.45. The molecule has 0 amide bonds. The Bertz CT molecular complexity index is 556. The molecule has 6 nitrogen and oxygen atoms in total. The van der Waals surface area contributed by atoms with Crippen molar-refractivity contribution in [1.29, 1.82) is 0 Å². The van der Waals surface area contributed by atoms with Crippen LogP contribution in [0.5, 0.6) is 0 Å². The number of hydrogen-bond donors (Lipinski definition) is 1. The van der Waals surface area contributed by atoms with Crippen LogP contribution in [0.4, 0.5) is 5.82 Å². The molecule has 7 heteroatoms. The van der Waals surface area contributed by atoms with Crippen LogP contribution in [-0.2, 0) is 9.53 Å². The molecule has 0 atom stereocenters. The quantitative estimate of drug-likeness (QED) is 0.853. The molecule has 0 aromatic carbocycles. The van der Waals surface area contributed by atoms with Crippen molar-refractivity contribution in [3.05, 3.63) is 22.3 Å². The summed E-state index contributed by atoms with van der Waals surface area (Å²) in [4.78, 5) is 28.6. The maximum absolute atomic E-state index is 11.7. The maximum Gasteiger partial charge on any atom is 0.340 e. The average Bonchev–Trinajstić information content (AvgIpc) is 2.31. The number of nitrogens with zero attached hydrogens (tertiary/aromatic N) is 2. The third-order valence-electron chi connectivity index (χ3n) is 3.17. The van der Waals surface area contributed by atoms with E-state index in [0.29, 0.717) is 35.2 Å². The average molecular weight is 299 g/mol. The van der Waals surface area contributed by atoms with Crippen LogP contribution in [0, 0.1) is 12.8 Å². The molecule has 0 saturated carbocycles. The number of aryl methyl sites for hydroxylation is 1. The normalized spacial score (nSPS) is 14.8. The van der Waals surface area contributed by atoms with Gasteiger partial charge in [-0.25, -0.2) is 9.78 Å². The predicted octanol–water partition coefficient (Wildman–Crippen LogP) is 1.74. The lowest BCUT2D eigenvalue weighted by molar-refractivity contribution is -0.142. The fourth-order valence-electron chi connectivity index (χ4n) is 2.01. The number of aliphatic carboxylic acids is 1. The largest absolute Gasteiger partial charge is 0.481 e. The minimum atomic E-state index is -0.822. The monoisotopic (exact) mass is 298 g/mol. The van der Waals surface area contributed by atoms with Crippen LogP contribution in [0.15, 0.2) is 6.07 Å². The molecule has 0 bridgehead atoms. The fourth-order valence-corrected chi connectivity index (χ4v) is 2.28. The number of halogens is 1. The molecule has 0 spiro atoms. The van der Waals surface area contributed by atoms with Gasteiger partial charge in [0.1, 0.15) is 5.82 Å². The van der Waals surface area contributed by atoms with Gasteiger partial charge in [-0.15, -0.1) is 0 Å². The molecule has 2 heterocycles. The van der Waals surface area contributed by atoms with Gasteiger partial charge in [0.15, 0.2) is 0 Å². The van der Waals surface area contributed by atoms with Gasteiger partial charge >= 0.3 is 11.9 Å². The number of carboxylic acid groups (broad SMARTS) is 1. The van der Waals surface area contributed by atoms with Crippen molar-refractivity contribution in [3.63, 3.8) is 0 Å². The summed E-state index contributed by atoms with van der Waals surface area (Å²) in [5, 5.41) is 9.18. The van der Waals surface area contributed by atoms with Gasteiger partial charge in [-0.2, -0.15) is 0 Å². The Morgan fingerprint density at radius 3 is 2.75 bits per heavy atom. The van der Waals surface area contributed by atoms with Gasteiger partial charge in [0.05, 0.1) is 28.8 Å². The summed E-state index contributed by atoms with van der Waals surface area (Å²) in [6, 6.07) is 1.52. The number of pyridine rings is 1. The molecule has 1 aromatic rings. The third kappa shape index (κ3) is 2.70. The number of carbonyl (C=O) groups excluding carboxylic acids is 1. The first-order valence-electron chi connectivity index (χ1n) is 6.26. The smallest absolute Gasteiger partial charge is 0.340 e. The topological polar surface area (TPSA) is 79.7 Å². The highest BCUT2D eigenvalue weighted by Crippen LogP contribution is 2.31. The molecule has 2 rings (SSSR count). The van der Waals surface area contributed by atoms with E-state index in [4.69, 9.17) is 21.4 Å². The number of carbonyl (C=O) groups is 2. The second kappa shape index (κ2) is 5.66. The lowest BCUT2D eigenvalue weighted by atomic mass is 10.0. The molecular formula is C13H15ClN2O4. The van der Waals surface area contributed by atoms with E-state index in [9.17, 15) is 9.59 Å². The molecule has 20 heavy (non-hydrogen) atoms. The molecule has 0 aliphatic carbocycles. The lowest BCUT2D eigenvalue weighted by Crippen LogP contribution is -2.51.